The molecule has 31 heavy (non-hydrogen) atoms. The quantitative estimate of drug-likeness (QED) is 0.505. The first kappa shape index (κ1) is 19.1. The van der Waals surface area contributed by atoms with Gasteiger partial charge in [-0.3, -0.25) is 19.4 Å². The number of anilines is 1. The van der Waals surface area contributed by atoms with Crippen molar-refractivity contribution in [2.75, 3.05) is 5.32 Å². The Bertz CT molecular complexity index is 1220. The number of hydrogen-bond donors (Lipinski definition) is 2. The Morgan fingerprint density at radius 3 is 2.77 bits per heavy atom. The van der Waals surface area contributed by atoms with Gasteiger partial charge in [0, 0.05) is 48.7 Å². The van der Waals surface area contributed by atoms with E-state index in [4.69, 9.17) is 0 Å². The minimum Gasteiger partial charge on any atom is -0.320 e. The Kier molecular flexibility index (Phi) is 5.01. The third-order valence-electron chi connectivity index (χ3n) is 5.69. The molecule has 4 heterocycles. The fraction of sp³-hybridized carbons (Fsp3) is 0.167. The lowest BCUT2D eigenvalue weighted by Gasteiger charge is -2.22. The predicted octanol–water partition coefficient (Wildman–Crippen LogP) is 2.69. The summed E-state index contributed by atoms with van der Waals surface area (Å²) in [6.07, 6.45) is 8.66. The van der Waals surface area contributed by atoms with Gasteiger partial charge in [0.15, 0.2) is 6.04 Å². The highest BCUT2D eigenvalue weighted by Crippen LogP contribution is 2.26. The minimum absolute atomic E-state index is 0.00251. The molecule has 1 amide bonds. The molecule has 3 N–H and O–H groups in total. The standard InChI is InChI=1S/C24H22N6O/c1-30-23(10-12-27-30)17-5-7-21-16(13-17)4-8-22(29-21)24(31)28-19-6-9-20(26-15-19)18-3-2-11-25-14-18/h2-3,5-7,9-15,22,29H,4,8H2,1H3,(H,28,31)/p+1/t22-/m1/s1. The SMILES string of the molecule is Cn1nccc1-c1ccc2c(c1)CC[C@H](C(=O)Nc1ccc(-c3cccnc3)nc1)[NH2+]2. The Morgan fingerprint density at radius 1 is 1.10 bits per heavy atom. The van der Waals surface area contributed by atoms with Gasteiger partial charge in [0.2, 0.25) is 0 Å². The average molecular weight is 411 g/mol. The summed E-state index contributed by atoms with van der Waals surface area (Å²) in [6.45, 7) is 0. The van der Waals surface area contributed by atoms with Crippen LogP contribution < -0.4 is 10.6 Å². The van der Waals surface area contributed by atoms with Crippen molar-refractivity contribution in [2.45, 2.75) is 18.9 Å². The van der Waals surface area contributed by atoms with Gasteiger partial charge in [0.1, 0.15) is 5.69 Å². The molecule has 5 rings (SSSR count). The van der Waals surface area contributed by atoms with E-state index in [9.17, 15) is 4.79 Å². The molecule has 0 fully saturated rings. The molecule has 7 nitrogen and oxygen atoms in total. The summed E-state index contributed by atoms with van der Waals surface area (Å²) in [5, 5.41) is 9.32. The van der Waals surface area contributed by atoms with Crippen LogP contribution in [0.15, 0.2) is 73.3 Å². The van der Waals surface area contributed by atoms with Crippen LogP contribution >= 0.6 is 0 Å². The van der Waals surface area contributed by atoms with E-state index in [1.54, 1.807) is 24.8 Å². The number of pyridine rings is 2. The minimum atomic E-state index is -0.159. The summed E-state index contributed by atoms with van der Waals surface area (Å²) < 4.78 is 1.87. The number of fused-ring (bicyclic) bond motifs is 1. The molecule has 0 unspecified atom stereocenters. The normalized spacial score (nSPS) is 15.3. The number of nitrogens with zero attached hydrogens (tertiary/aromatic N) is 4. The fourth-order valence-electron chi connectivity index (χ4n) is 4.01. The van der Waals surface area contributed by atoms with Crippen LogP contribution in [0.2, 0.25) is 0 Å². The molecule has 1 aromatic carbocycles. The van der Waals surface area contributed by atoms with Gasteiger partial charge in [0.05, 0.1) is 23.3 Å². The van der Waals surface area contributed by atoms with Gasteiger partial charge in [0.25, 0.3) is 5.91 Å². The first-order valence-electron chi connectivity index (χ1n) is 10.3. The summed E-state index contributed by atoms with van der Waals surface area (Å²) >= 11 is 0. The van der Waals surface area contributed by atoms with E-state index in [0.717, 1.165) is 41.0 Å². The topological polar surface area (TPSA) is 89.3 Å². The van der Waals surface area contributed by atoms with Crippen LogP contribution in [0.1, 0.15) is 12.0 Å². The van der Waals surface area contributed by atoms with Gasteiger partial charge in [-0.1, -0.05) is 0 Å². The number of quaternary nitrogens is 1. The van der Waals surface area contributed by atoms with E-state index in [1.807, 2.05) is 42.1 Å². The van der Waals surface area contributed by atoms with Crippen LogP contribution in [0.25, 0.3) is 22.5 Å². The van der Waals surface area contributed by atoms with E-state index in [2.05, 4.69) is 43.9 Å². The number of rotatable bonds is 4. The van der Waals surface area contributed by atoms with Gasteiger partial charge >= 0.3 is 0 Å². The van der Waals surface area contributed by atoms with Gasteiger partial charge in [-0.15, -0.1) is 0 Å². The van der Waals surface area contributed by atoms with E-state index in [-0.39, 0.29) is 11.9 Å². The van der Waals surface area contributed by atoms with Crippen LogP contribution in [0.4, 0.5) is 11.4 Å². The molecule has 154 valence electrons. The Hall–Kier alpha value is -3.84. The molecule has 1 aliphatic heterocycles. The molecule has 3 aromatic heterocycles. The zero-order valence-electron chi connectivity index (χ0n) is 17.2. The molecule has 0 saturated heterocycles. The molecule has 1 atom stereocenters. The van der Waals surface area contributed by atoms with E-state index >= 15 is 0 Å². The fourth-order valence-corrected chi connectivity index (χ4v) is 4.01. The van der Waals surface area contributed by atoms with Crippen LogP contribution in [0, 0.1) is 0 Å². The number of nitrogens with two attached hydrogens (primary N) is 1. The molecule has 7 heteroatoms. The van der Waals surface area contributed by atoms with E-state index in [1.165, 1.54) is 5.56 Å². The summed E-state index contributed by atoms with van der Waals surface area (Å²) in [4.78, 5) is 21.4. The molecule has 0 bridgehead atoms. The Morgan fingerprint density at radius 2 is 2.03 bits per heavy atom. The summed E-state index contributed by atoms with van der Waals surface area (Å²) in [5.41, 5.74) is 7.10. The maximum absolute atomic E-state index is 12.8. The highest BCUT2D eigenvalue weighted by molar-refractivity contribution is 5.94. The van der Waals surface area contributed by atoms with Gasteiger partial charge in [-0.2, -0.15) is 5.10 Å². The van der Waals surface area contributed by atoms with Crippen LogP contribution in [-0.2, 0) is 18.3 Å². The molecule has 4 aromatic rings. The number of benzene rings is 1. The Labute approximate surface area is 180 Å². The van der Waals surface area contributed by atoms with Crippen LogP contribution in [0.3, 0.4) is 0 Å². The number of nitrogens with one attached hydrogen (secondary N) is 1. The smallest absolute Gasteiger partial charge is 0.283 e. The molecule has 0 aliphatic carbocycles. The first-order chi connectivity index (χ1) is 15.2. The van der Waals surface area contributed by atoms with Crippen LogP contribution in [-0.4, -0.2) is 31.7 Å². The zero-order chi connectivity index (χ0) is 21.2. The number of amides is 1. The van der Waals surface area contributed by atoms with Crippen molar-refractivity contribution in [2.24, 2.45) is 7.05 Å². The van der Waals surface area contributed by atoms with Crippen LogP contribution in [0.5, 0.6) is 0 Å². The predicted molar refractivity (Wildman–Crippen MR) is 118 cm³/mol. The highest BCUT2D eigenvalue weighted by atomic mass is 16.2. The van der Waals surface area contributed by atoms with Crippen molar-refractivity contribution in [1.82, 2.24) is 19.7 Å². The number of aromatic nitrogens is 4. The second-order valence-corrected chi connectivity index (χ2v) is 7.73. The molecule has 0 radical (unpaired) electrons. The average Bonchev–Trinajstić information content (AvgIpc) is 3.25. The highest BCUT2D eigenvalue weighted by Gasteiger charge is 2.29. The molecule has 0 spiro atoms. The summed E-state index contributed by atoms with van der Waals surface area (Å²) in [7, 11) is 1.94. The number of carbonyl (C=O) groups is 1. The second-order valence-electron chi connectivity index (χ2n) is 7.73. The lowest BCUT2D eigenvalue weighted by Crippen LogP contribution is -2.88. The number of hydrogen-bond acceptors (Lipinski definition) is 4. The summed E-state index contributed by atoms with van der Waals surface area (Å²) in [6, 6.07) is 15.9. The molecular weight excluding hydrogens is 388 g/mol. The molecular formula is C24H23N6O+. The van der Waals surface area contributed by atoms with Crippen molar-refractivity contribution in [1.29, 1.82) is 0 Å². The maximum atomic E-state index is 12.8. The van der Waals surface area contributed by atoms with Gasteiger partial charge in [-0.05, 0) is 55.0 Å². The van der Waals surface area contributed by atoms with Gasteiger partial charge < -0.3 is 10.6 Å². The lowest BCUT2D eigenvalue weighted by atomic mass is 9.95. The Balaban J connectivity index is 1.26. The van der Waals surface area contributed by atoms with Crippen molar-refractivity contribution in [3.63, 3.8) is 0 Å². The third kappa shape index (κ3) is 3.95. The first-order valence-corrected chi connectivity index (χ1v) is 10.3. The maximum Gasteiger partial charge on any atom is 0.283 e. The van der Waals surface area contributed by atoms with Crippen molar-refractivity contribution >= 4 is 17.3 Å². The third-order valence-corrected chi connectivity index (χ3v) is 5.69. The largest absolute Gasteiger partial charge is 0.320 e. The van der Waals surface area contributed by atoms with E-state index in [0.29, 0.717) is 5.69 Å². The molecule has 0 saturated carbocycles. The van der Waals surface area contributed by atoms with Crippen molar-refractivity contribution in [3.05, 3.63) is 78.9 Å². The lowest BCUT2D eigenvalue weighted by molar-refractivity contribution is -0.601. The number of carbonyl (C=O) groups excluding carboxylic acids is 1. The monoisotopic (exact) mass is 411 g/mol. The second kappa shape index (κ2) is 8.12. The van der Waals surface area contributed by atoms with Gasteiger partial charge in [-0.25, -0.2) is 0 Å². The summed E-state index contributed by atoms with van der Waals surface area (Å²) in [5.74, 6) is -0.00251. The van der Waals surface area contributed by atoms with E-state index < -0.39 is 0 Å². The molecule has 1 aliphatic rings. The van der Waals surface area contributed by atoms with Crippen molar-refractivity contribution < 1.29 is 10.1 Å². The zero-order valence-corrected chi connectivity index (χ0v) is 17.2. The van der Waals surface area contributed by atoms with Crippen molar-refractivity contribution in [3.8, 4) is 22.5 Å². The number of aryl methyl sites for hydroxylation is 2.